The molecule has 1 aromatic heterocycles. The molecule has 3 aromatic rings. The van der Waals surface area contributed by atoms with Crippen LogP contribution in [-0.2, 0) is 6.54 Å². The first kappa shape index (κ1) is 15.7. The van der Waals surface area contributed by atoms with Gasteiger partial charge in [-0.2, -0.15) is 4.57 Å². The van der Waals surface area contributed by atoms with Gasteiger partial charge >= 0.3 is 5.56 Å². The van der Waals surface area contributed by atoms with Crippen molar-refractivity contribution >= 4 is 10.9 Å². The molecule has 0 atom stereocenters. The van der Waals surface area contributed by atoms with Crippen molar-refractivity contribution in [1.29, 1.82) is 0 Å². The van der Waals surface area contributed by atoms with Gasteiger partial charge in [0.1, 0.15) is 16.6 Å². The third-order valence-corrected chi connectivity index (χ3v) is 3.67. The van der Waals surface area contributed by atoms with Gasteiger partial charge in [-0.3, -0.25) is 0 Å². The second kappa shape index (κ2) is 6.39. The third kappa shape index (κ3) is 2.60. The van der Waals surface area contributed by atoms with Crippen molar-refractivity contribution in [3.8, 4) is 5.69 Å². The highest BCUT2D eigenvalue weighted by molar-refractivity contribution is 5.74. The first-order chi connectivity index (χ1) is 9.74. The van der Waals surface area contributed by atoms with Crippen molar-refractivity contribution in [3.63, 3.8) is 0 Å². The SMILES string of the molecule is CC[n+]1c(C)n(-c2ccccc2)c(=O)c2ccccc21.[I-]. The average molecular weight is 392 g/mol. The van der Waals surface area contributed by atoms with Gasteiger partial charge in [0, 0.05) is 6.92 Å². The highest BCUT2D eigenvalue weighted by atomic mass is 127. The summed E-state index contributed by atoms with van der Waals surface area (Å²) >= 11 is 0. The molecule has 2 aromatic carbocycles. The zero-order valence-corrected chi connectivity index (χ0v) is 14.2. The van der Waals surface area contributed by atoms with Gasteiger partial charge in [0.2, 0.25) is 0 Å². The summed E-state index contributed by atoms with van der Waals surface area (Å²) in [5.41, 5.74) is 1.93. The predicted octanol–water partition coefficient (Wildman–Crippen LogP) is -0.389. The predicted molar refractivity (Wildman–Crippen MR) is 80.2 cm³/mol. The molecule has 0 aliphatic heterocycles. The van der Waals surface area contributed by atoms with E-state index in [1.165, 1.54) is 0 Å². The number of para-hydroxylation sites is 2. The highest BCUT2D eigenvalue weighted by Gasteiger charge is 2.20. The van der Waals surface area contributed by atoms with E-state index in [-0.39, 0.29) is 29.5 Å². The lowest BCUT2D eigenvalue weighted by Crippen LogP contribution is -3.00. The lowest BCUT2D eigenvalue weighted by molar-refractivity contribution is -0.678. The van der Waals surface area contributed by atoms with Crippen LogP contribution in [0.5, 0.6) is 0 Å². The molecule has 3 nitrogen and oxygen atoms in total. The van der Waals surface area contributed by atoms with E-state index in [9.17, 15) is 4.79 Å². The summed E-state index contributed by atoms with van der Waals surface area (Å²) in [6, 6.07) is 17.6. The minimum absolute atomic E-state index is 0. The maximum Gasteiger partial charge on any atom is 0.350 e. The van der Waals surface area contributed by atoms with Crippen LogP contribution in [0.1, 0.15) is 12.7 Å². The van der Waals surface area contributed by atoms with Crippen LogP contribution in [0.2, 0.25) is 0 Å². The Labute approximate surface area is 140 Å². The smallest absolute Gasteiger partial charge is 0.350 e. The van der Waals surface area contributed by atoms with Crippen LogP contribution in [-0.4, -0.2) is 4.57 Å². The van der Waals surface area contributed by atoms with Crippen LogP contribution < -0.4 is 34.1 Å². The number of benzene rings is 2. The van der Waals surface area contributed by atoms with Crippen LogP contribution in [0.15, 0.2) is 59.4 Å². The second-order valence-electron chi connectivity index (χ2n) is 4.78. The molecule has 21 heavy (non-hydrogen) atoms. The van der Waals surface area contributed by atoms with E-state index >= 15 is 0 Å². The first-order valence-electron chi connectivity index (χ1n) is 6.83. The molecule has 3 rings (SSSR count). The van der Waals surface area contributed by atoms with E-state index in [0.717, 1.165) is 29.0 Å². The molecule has 0 aliphatic rings. The quantitative estimate of drug-likeness (QED) is 0.431. The van der Waals surface area contributed by atoms with Crippen molar-refractivity contribution < 1.29 is 28.5 Å². The Kier molecular flexibility index (Phi) is 4.77. The Balaban J connectivity index is 0.00000161. The first-order valence-corrected chi connectivity index (χ1v) is 6.83. The molecule has 0 N–H and O–H groups in total. The Morgan fingerprint density at radius 1 is 1.00 bits per heavy atom. The van der Waals surface area contributed by atoms with Crippen molar-refractivity contribution in [2.24, 2.45) is 0 Å². The summed E-state index contributed by atoms with van der Waals surface area (Å²) in [7, 11) is 0. The van der Waals surface area contributed by atoms with Crippen molar-refractivity contribution in [2.75, 3.05) is 0 Å². The molecule has 0 radical (unpaired) electrons. The zero-order valence-electron chi connectivity index (χ0n) is 12.1. The minimum atomic E-state index is 0. The molecule has 0 unspecified atom stereocenters. The Bertz CT molecular complexity index is 825. The summed E-state index contributed by atoms with van der Waals surface area (Å²) < 4.78 is 3.95. The van der Waals surface area contributed by atoms with E-state index in [1.54, 1.807) is 4.57 Å². The highest BCUT2D eigenvalue weighted by Crippen LogP contribution is 2.11. The van der Waals surface area contributed by atoms with Crippen LogP contribution >= 0.6 is 0 Å². The normalized spacial score (nSPS) is 10.4. The van der Waals surface area contributed by atoms with Gasteiger partial charge in [0.15, 0.2) is 0 Å². The van der Waals surface area contributed by atoms with Crippen molar-refractivity contribution in [2.45, 2.75) is 20.4 Å². The van der Waals surface area contributed by atoms with Crippen molar-refractivity contribution in [1.82, 2.24) is 4.57 Å². The lowest BCUT2D eigenvalue weighted by Gasteiger charge is -2.10. The number of hydrogen-bond donors (Lipinski definition) is 0. The van der Waals surface area contributed by atoms with Gasteiger partial charge in [0.25, 0.3) is 5.82 Å². The number of halogens is 1. The second-order valence-corrected chi connectivity index (χ2v) is 4.78. The monoisotopic (exact) mass is 392 g/mol. The maximum atomic E-state index is 12.8. The number of nitrogens with zero attached hydrogens (tertiary/aromatic N) is 2. The Morgan fingerprint density at radius 2 is 1.62 bits per heavy atom. The fraction of sp³-hybridized carbons (Fsp3) is 0.176. The number of fused-ring (bicyclic) bond motifs is 1. The van der Waals surface area contributed by atoms with Crippen LogP contribution in [0.25, 0.3) is 16.6 Å². The maximum absolute atomic E-state index is 12.8. The molecule has 0 aliphatic carbocycles. The summed E-state index contributed by atoms with van der Waals surface area (Å²) in [6.45, 7) is 4.92. The van der Waals surface area contributed by atoms with Gasteiger partial charge in [0.05, 0.1) is 6.54 Å². The van der Waals surface area contributed by atoms with E-state index < -0.39 is 0 Å². The fourth-order valence-electron chi connectivity index (χ4n) is 2.73. The summed E-state index contributed by atoms with van der Waals surface area (Å²) in [4.78, 5) is 12.8. The molecular formula is C17H17IN2O. The molecule has 0 saturated heterocycles. The topological polar surface area (TPSA) is 25.9 Å². The summed E-state index contributed by atoms with van der Waals surface area (Å²) in [5, 5.41) is 0.754. The molecule has 0 fully saturated rings. The van der Waals surface area contributed by atoms with Gasteiger partial charge in [-0.1, -0.05) is 30.3 Å². The standard InChI is InChI=1S/C17H17N2O.HI/c1-3-18-13(2)19(14-9-5-4-6-10-14)17(20)15-11-7-8-12-16(15)18;/h4-12H,3H2,1-2H3;1H/q+1;/p-1. The zero-order chi connectivity index (χ0) is 14.1. The Hall–Kier alpha value is -1.69. The summed E-state index contributed by atoms with van der Waals surface area (Å²) in [5.74, 6) is 0.947. The van der Waals surface area contributed by atoms with Crippen LogP contribution in [0.3, 0.4) is 0 Å². The molecular weight excluding hydrogens is 375 g/mol. The molecule has 1 heterocycles. The number of aryl methyl sites for hydroxylation is 1. The lowest BCUT2D eigenvalue weighted by atomic mass is 10.2. The minimum Gasteiger partial charge on any atom is -1.00 e. The molecule has 0 saturated carbocycles. The van der Waals surface area contributed by atoms with Gasteiger partial charge in [-0.05, 0) is 31.2 Å². The van der Waals surface area contributed by atoms with E-state index in [0.29, 0.717) is 0 Å². The van der Waals surface area contributed by atoms with E-state index in [4.69, 9.17) is 0 Å². The average Bonchev–Trinajstić information content (AvgIpc) is 2.49. The molecule has 4 heteroatoms. The number of aromatic nitrogens is 2. The van der Waals surface area contributed by atoms with Crippen molar-refractivity contribution in [3.05, 3.63) is 70.8 Å². The van der Waals surface area contributed by atoms with Gasteiger partial charge in [-0.25, -0.2) is 9.36 Å². The van der Waals surface area contributed by atoms with Gasteiger partial charge < -0.3 is 24.0 Å². The van der Waals surface area contributed by atoms with Crippen LogP contribution in [0.4, 0.5) is 0 Å². The van der Waals surface area contributed by atoms with Crippen LogP contribution in [0, 0.1) is 6.92 Å². The molecule has 0 spiro atoms. The molecule has 0 amide bonds. The largest absolute Gasteiger partial charge is 1.00 e. The van der Waals surface area contributed by atoms with Gasteiger partial charge in [-0.15, -0.1) is 0 Å². The van der Waals surface area contributed by atoms with E-state index in [2.05, 4.69) is 11.5 Å². The molecule has 0 bridgehead atoms. The Morgan fingerprint density at radius 3 is 2.29 bits per heavy atom. The number of hydrogen-bond acceptors (Lipinski definition) is 1. The summed E-state index contributed by atoms with van der Waals surface area (Å²) in [6.07, 6.45) is 0. The van der Waals surface area contributed by atoms with E-state index in [1.807, 2.05) is 61.5 Å². The fourth-order valence-corrected chi connectivity index (χ4v) is 2.73. The third-order valence-electron chi connectivity index (χ3n) is 3.67. The number of rotatable bonds is 2. The molecule has 108 valence electrons.